The third kappa shape index (κ3) is 2.42. The van der Waals surface area contributed by atoms with Gasteiger partial charge in [0.05, 0.1) is 4.90 Å². The Morgan fingerprint density at radius 1 is 1.15 bits per heavy atom. The Hall–Kier alpha value is -1.09. The SMILES string of the molecule is CC=CS(=O)(=O)c1ccc(C)cc1. The maximum atomic E-state index is 11.5. The normalized spacial score (nSPS) is 12.2. The molecule has 0 unspecified atom stereocenters. The van der Waals surface area contributed by atoms with Crippen molar-refractivity contribution in [2.75, 3.05) is 0 Å². The molecule has 0 aromatic heterocycles. The summed E-state index contributed by atoms with van der Waals surface area (Å²) in [7, 11) is -3.21. The number of benzene rings is 1. The number of hydrogen-bond donors (Lipinski definition) is 0. The molecule has 1 rings (SSSR count). The van der Waals surface area contributed by atoms with E-state index in [0.717, 1.165) is 5.56 Å². The number of hydrogen-bond acceptors (Lipinski definition) is 2. The Bertz CT molecular complexity index is 399. The van der Waals surface area contributed by atoms with Crippen LogP contribution in [0.4, 0.5) is 0 Å². The van der Waals surface area contributed by atoms with Gasteiger partial charge in [-0.05, 0) is 26.0 Å². The van der Waals surface area contributed by atoms with Gasteiger partial charge in [0, 0.05) is 5.41 Å². The zero-order valence-electron chi connectivity index (χ0n) is 7.69. The average Bonchev–Trinajstić information content (AvgIpc) is 2.05. The van der Waals surface area contributed by atoms with Crippen LogP contribution < -0.4 is 0 Å². The van der Waals surface area contributed by atoms with Crippen LogP contribution in [0.2, 0.25) is 0 Å². The van der Waals surface area contributed by atoms with Crippen LogP contribution in [0.3, 0.4) is 0 Å². The lowest BCUT2D eigenvalue weighted by molar-refractivity contribution is 0.604. The summed E-state index contributed by atoms with van der Waals surface area (Å²) >= 11 is 0. The highest BCUT2D eigenvalue weighted by atomic mass is 32.2. The van der Waals surface area contributed by atoms with Crippen molar-refractivity contribution in [3.63, 3.8) is 0 Å². The monoisotopic (exact) mass is 196 g/mol. The van der Waals surface area contributed by atoms with Crippen molar-refractivity contribution in [1.82, 2.24) is 0 Å². The van der Waals surface area contributed by atoms with E-state index in [2.05, 4.69) is 0 Å². The van der Waals surface area contributed by atoms with Gasteiger partial charge < -0.3 is 0 Å². The van der Waals surface area contributed by atoms with Crippen molar-refractivity contribution in [1.29, 1.82) is 0 Å². The molecule has 1 aromatic carbocycles. The summed E-state index contributed by atoms with van der Waals surface area (Å²) in [5, 5.41) is 1.21. The first kappa shape index (κ1) is 9.99. The predicted molar refractivity (Wildman–Crippen MR) is 53.2 cm³/mol. The first-order valence-corrected chi connectivity index (χ1v) is 5.55. The molecule has 0 heterocycles. The zero-order chi connectivity index (χ0) is 9.90. The van der Waals surface area contributed by atoms with Crippen molar-refractivity contribution in [3.8, 4) is 0 Å². The average molecular weight is 196 g/mol. The van der Waals surface area contributed by atoms with E-state index < -0.39 is 9.84 Å². The first-order valence-electron chi connectivity index (χ1n) is 4.01. The fourth-order valence-electron chi connectivity index (χ4n) is 0.986. The molecule has 0 saturated carbocycles. The molecule has 0 bridgehead atoms. The smallest absolute Gasteiger partial charge is 0.199 e. The van der Waals surface area contributed by atoms with Crippen LogP contribution in [0, 0.1) is 6.92 Å². The van der Waals surface area contributed by atoms with Crippen LogP contribution in [0.25, 0.3) is 0 Å². The number of rotatable bonds is 2. The third-order valence-corrected chi connectivity index (χ3v) is 3.22. The van der Waals surface area contributed by atoms with Gasteiger partial charge in [0.15, 0.2) is 9.84 Å². The minimum atomic E-state index is -3.21. The Morgan fingerprint density at radius 2 is 1.69 bits per heavy atom. The molecular weight excluding hydrogens is 184 g/mol. The van der Waals surface area contributed by atoms with E-state index in [4.69, 9.17) is 0 Å². The van der Waals surface area contributed by atoms with Crippen LogP contribution >= 0.6 is 0 Å². The third-order valence-electron chi connectivity index (χ3n) is 1.66. The van der Waals surface area contributed by atoms with Crippen molar-refractivity contribution < 1.29 is 8.42 Å². The number of aryl methyl sites for hydroxylation is 1. The van der Waals surface area contributed by atoms with Gasteiger partial charge in [0.1, 0.15) is 0 Å². The molecule has 70 valence electrons. The highest BCUT2D eigenvalue weighted by Gasteiger charge is 2.07. The van der Waals surface area contributed by atoms with Gasteiger partial charge in [-0.2, -0.15) is 0 Å². The lowest BCUT2D eigenvalue weighted by Crippen LogP contribution is -1.95. The van der Waals surface area contributed by atoms with Crippen LogP contribution in [-0.4, -0.2) is 8.42 Å². The van der Waals surface area contributed by atoms with E-state index in [1.54, 1.807) is 31.2 Å². The molecule has 2 nitrogen and oxygen atoms in total. The van der Waals surface area contributed by atoms with E-state index in [0.29, 0.717) is 4.90 Å². The van der Waals surface area contributed by atoms with Crippen molar-refractivity contribution >= 4 is 9.84 Å². The molecular formula is C10H12O2S. The van der Waals surface area contributed by atoms with Gasteiger partial charge >= 0.3 is 0 Å². The number of allylic oxidation sites excluding steroid dienone is 1. The van der Waals surface area contributed by atoms with Gasteiger partial charge in [-0.25, -0.2) is 8.42 Å². The Morgan fingerprint density at radius 3 is 2.15 bits per heavy atom. The second-order valence-electron chi connectivity index (χ2n) is 2.83. The first-order chi connectivity index (χ1) is 6.06. The molecule has 0 saturated heterocycles. The summed E-state index contributed by atoms with van der Waals surface area (Å²) in [5.74, 6) is 0. The highest BCUT2D eigenvalue weighted by molar-refractivity contribution is 7.94. The molecule has 1 aromatic rings. The summed E-state index contributed by atoms with van der Waals surface area (Å²) in [6.45, 7) is 3.61. The van der Waals surface area contributed by atoms with E-state index in [1.807, 2.05) is 6.92 Å². The predicted octanol–water partition coefficient (Wildman–Crippen LogP) is 2.30. The second-order valence-corrected chi connectivity index (χ2v) is 4.66. The van der Waals surface area contributed by atoms with Crippen molar-refractivity contribution in [2.45, 2.75) is 18.7 Å². The lowest BCUT2D eigenvalue weighted by atomic mass is 10.2. The molecule has 0 fully saturated rings. The quantitative estimate of drug-likeness (QED) is 0.727. The van der Waals surface area contributed by atoms with Crippen LogP contribution in [0.1, 0.15) is 12.5 Å². The fourth-order valence-corrected chi connectivity index (χ4v) is 2.02. The topological polar surface area (TPSA) is 34.1 Å². The largest absolute Gasteiger partial charge is 0.219 e. The number of sulfone groups is 1. The Labute approximate surface area is 78.8 Å². The van der Waals surface area contributed by atoms with Crippen LogP contribution in [0.15, 0.2) is 40.6 Å². The van der Waals surface area contributed by atoms with Crippen molar-refractivity contribution in [2.24, 2.45) is 0 Å². The summed E-state index contributed by atoms with van der Waals surface area (Å²) in [5.41, 5.74) is 1.06. The molecule has 13 heavy (non-hydrogen) atoms. The summed E-state index contributed by atoms with van der Waals surface area (Å²) in [6, 6.07) is 6.81. The summed E-state index contributed by atoms with van der Waals surface area (Å²) in [6.07, 6.45) is 1.52. The molecule has 0 spiro atoms. The minimum Gasteiger partial charge on any atom is -0.219 e. The standard InChI is InChI=1S/C10H12O2S/c1-3-8-13(11,12)10-6-4-9(2)5-7-10/h3-8H,1-2H3. The molecule has 0 amide bonds. The second kappa shape index (κ2) is 3.75. The van der Waals surface area contributed by atoms with Crippen molar-refractivity contribution in [3.05, 3.63) is 41.3 Å². The Kier molecular flexibility index (Phi) is 2.88. The highest BCUT2D eigenvalue weighted by Crippen LogP contribution is 2.12. The van der Waals surface area contributed by atoms with E-state index in [9.17, 15) is 8.42 Å². The molecule has 0 radical (unpaired) electrons. The van der Waals surface area contributed by atoms with Gasteiger partial charge in [0.25, 0.3) is 0 Å². The lowest BCUT2D eigenvalue weighted by Gasteiger charge is -1.98. The zero-order valence-corrected chi connectivity index (χ0v) is 8.51. The van der Waals surface area contributed by atoms with Gasteiger partial charge in [-0.3, -0.25) is 0 Å². The van der Waals surface area contributed by atoms with E-state index in [-0.39, 0.29) is 0 Å². The molecule has 0 atom stereocenters. The van der Waals surface area contributed by atoms with Gasteiger partial charge in [-0.15, -0.1) is 0 Å². The maximum absolute atomic E-state index is 11.5. The molecule has 0 aliphatic heterocycles. The van der Waals surface area contributed by atoms with E-state index in [1.165, 1.54) is 11.5 Å². The summed E-state index contributed by atoms with van der Waals surface area (Å²) < 4.78 is 22.9. The van der Waals surface area contributed by atoms with Gasteiger partial charge in [0.2, 0.25) is 0 Å². The molecule has 3 heteroatoms. The maximum Gasteiger partial charge on any atom is 0.199 e. The molecule has 0 N–H and O–H groups in total. The Balaban J connectivity index is 3.17. The molecule has 0 aliphatic rings. The summed E-state index contributed by atoms with van der Waals surface area (Å²) in [4.78, 5) is 0.344. The van der Waals surface area contributed by atoms with Gasteiger partial charge in [-0.1, -0.05) is 23.8 Å². The fraction of sp³-hybridized carbons (Fsp3) is 0.200. The molecule has 0 aliphatic carbocycles. The van der Waals surface area contributed by atoms with E-state index >= 15 is 0 Å². The minimum absolute atomic E-state index is 0.344. The van der Waals surface area contributed by atoms with Crippen LogP contribution in [-0.2, 0) is 9.84 Å². The van der Waals surface area contributed by atoms with Crippen LogP contribution in [0.5, 0.6) is 0 Å².